The first kappa shape index (κ1) is 22.4. The average molecular weight is 466 g/mol. The number of nitrogens with zero attached hydrogens (tertiary/aromatic N) is 3. The van der Waals surface area contributed by atoms with E-state index in [4.69, 9.17) is 19.9 Å². The van der Waals surface area contributed by atoms with Gasteiger partial charge in [0.15, 0.2) is 11.4 Å². The van der Waals surface area contributed by atoms with Gasteiger partial charge in [-0.25, -0.2) is 4.98 Å². The summed E-state index contributed by atoms with van der Waals surface area (Å²) in [7, 11) is 0. The summed E-state index contributed by atoms with van der Waals surface area (Å²) in [6, 6.07) is 9.86. The summed E-state index contributed by atoms with van der Waals surface area (Å²) in [6.07, 6.45) is 2.20. The van der Waals surface area contributed by atoms with Crippen LogP contribution in [0.3, 0.4) is 0 Å². The molecule has 7 nitrogen and oxygen atoms in total. The molecule has 2 aliphatic rings. The Balaban J connectivity index is 1.69. The van der Waals surface area contributed by atoms with Crippen molar-refractivity contribution in [2.75, 3.05) is 13.2 Å². The molecule has 2 aromatic heterocycles. The molecule has 0 amide bonds. The Kier molecular flexibility index (Phi) is 5.33. The van der Waals surface area contributed by atoms with Gasteiger partial charge in [0.05, 0.1) is 13.2 Å². The maximum Gasteiger partial charge on any atom is 0.259 e. The molecule has 0 saturated heterocycles. The number of benzene rings is 1. The number of aliphatic imine (C=N–C) groups is 1. The van der Waals surface area contributed by atoms with E-state index in [9.17, 15) is 4.39 Å². The van der Waals surface area contributed by atoms with Gasteiger partial charge in [-0.05, 0) is 35.2 Å². The van der Waals surface area contributed by atoms with Crippen LogP contribution in [-0.2, 0) is 10.3 Å². The fraction of sp³-hybridized carbons (Fsp3) is 0.320. The first-order valence-corrected chi connectivity index (χ1v) is 10.9. The third-order valence-corrected chi connectivity index (χ3v) is 5.52. The number of ether oxygens (including phenoxy) is 3. The molecule has 0 radical (unpaired) electrons. The number of hydrogen-bond acceptors (Lipinski definition) is 7. The van der Waals surface area contributed by atoms with Gasteiger partial charge in [0, 0.05) is 35.2 Å². The SMILES string of the molecule is CC(C)(C)COc1cc2c(c(F)n1)Oc1ccc(-c3cccnc3F)cc1[C@@]21C=NCC(N)O1. The van der Waals surface area contributed by atoms with Crippen LogP contribution in [0.15, 0.2) is 47.6 Å². The monoisotopic (exact) mass is 466 g/mol. The third kappa shape index (κ3) is 3.91. The van der Waals surface area contributed by atoms with Crippen LogP contribution in [0.1, 0.15) is 31.9 Å². The van der Waals surface area contributed by atoms with Crippen molar-refractivity contribution in [3.05, 3.63) is 65.6 Å². The van der Waals surface area contributed by atoms with Crippen molar-refractivity contribution >= 4 is 6.21 Å². The van der Waals surface area contributed by atoms with Gasteiger partial charge in [-0.15, -0.1) is 0 Å². The Morgan fingerprint density at radius 3 is 2.71 bits per heavy atom. The Morgan fingerprint density at radius 1 is 1.15 bits per heavy atom. The van der Waals surface area contributed by atoms with Crippen molar-refractivity contribution < 1.29 is 23.0 Å². The van der Waals surface area contributed by atoms with Gasteiger partial charge in [0.1, 0.15) is 12.0 Å². The highest BCUT2D eigenvalue weighted by Crippen LogP contribution is 2.51. The van der Waals surface area contributed by atoms with Crippen molar-refractivity contribution in [2.24, 2.45) is 16.1 Å². The van der Waals surface area contributed by atoms with Crippen molar-refractivity contribution in [1.29, 1.82) is 0 Å². The molecule has 5 rings (SSSR count). The molecular weight excluding hydrogens is 442 g/mol. The van der Waals surface area contributed by atoms with Crippen LogP contribution in [0.4, 0.5) is 8.78 Å². The van der Waals surface area contributed by atoms with E-state index in [-0.39, 0.29) is 23.6 Å². The van der Waals surface area contributed by atoms with E-state index in [0.29, 0.717) is 34.6 Å². The maximum absolute atomic E-state index is 15.2. The number of hydrogen-bond donors (Lipinski definition) is 1. The van der Waals surface area contributed by atoms with E-state index in [1.807, 2.05) is 20.8 Å². The molecule has 0 aliphatic carbocycles. The molecule has 9 heteroatoms. The second kappa shape index (κ2) is 8.11. The third-order valence-electron chi connectivity index (χ3n) is 5.52. The summed E-state index contributed by atoms with van der Waals surface area (Å²) in [5.41, 5.74) is 6.27. The Bertz CT molecular complexity index is 1290. The minimum absolute atomic E-state index is 0.0863. The molecule has 2 N–H and O–H groups in total. The lowest BCUT2D eigenvalue weighted by atomic mass is 9.82. The van der Waals surface area contributed by atoms with Crippen LogP contribution in [0, 0.1) is 17.3 Å². The molecule has 34 heavy (non-hydrogen) atoms. The Hall–Kier alpha value is -3.43. The van der Waals surface area contributed by atoms with Crippen LogP contribution < -0.4 is 15.2 Å². The summed E-state index contributed by atoms with van der Waals surface area (Å²) in [6.45, 7) is 6.56. The molecule has 2 aliphatic heterocycles. The Labute approximate surface area is 195 Å². The van der Waals surface area contributed by atoms with Crippen LogP contribution in [0.2, 0.25) is 0 Å². The molecule has 0 fully saturated rings. The lowest BCUT2D eigenvalue weighted by Crippen LogP contribution is -2.46. The van der Waals surface area contributed by atoms with E-state index in [1.54, 1.807) is 42.6 Å². The highest BCUT2D eigenvalue weighted by atomic mass is 19.1. The van der Waals surface area contributed by atoms with E-state index in [0.717, 1.165) is 0 Å². The second-order valence-corrected chi connectivity index (χ2v) is 9.52. The highest BCUT2D eigenvalue weighted by Gasteiger charge is 2.47. The van der Waals surface area contributed by atoms with Crippen LogP contribution in [0.5, 0.6) is 17.4 Å². The molecule has 0 saturated carbocycles. The van der Waals surface area contributed by atoms with Crippen molar-refractivity contribution in [1.82, 2.24) is 9.97 Å². The first-order chi connectivity index (χ1) is 16.2. The van der Waals surface area contributed by atoms with E-state index in [2.05, 4.69) is 15.0 Å². The lowest BCUT2D eigenvalue weighted by Gasteiger charge is -2.40. The van der Waals surface area contributed by atoms with Gasteiger partial charge in [-0.3, -0.25) is 4.99 Å². The number of fused-ring (bicyclic) bond motifs is 4. The first-order valence-electron chi connectivity index (χ1n) is 10.9. The average Bonchev–Trinajstić information content (AvgIpc) is 2.78. The quantitative estimate of drug-likeness (QED) is 0.568. The number of pyridine rings is 2. The Morgan fingerprint density at radius 2 is 1.97 bits per heavy atom. The minimum atomic E-state index is -1.38. The molecule has 3 aromatic rings. The lowest BCUT2D eigenvalue weighted by molar-refractivity contribution is -0.0320. The molecule has 4 heterocycles. The zero-order valence-electron chi connectivity index (χ0n) is 19.0. The topological polar surface area (TPSA) is 91.9 Å². The minimum Gasteiger partial charge on any atom is -0.477 e. The predicted molar refractivity (Wildman–Crippen MR) is 122 cm³/mol. The maximum atomic E-state index is 15.2. The number of nitrogens with two attached hydrogens (primary N) is 1. The summed E-state index contributed by atoms with van der Waals surface area (Å²) < 4.78 is 47.5. The number of halogens is 2. The zero-order valence-corrected chi connectivity index (χ0v) is 19.0. The number of aromatic nitrogens is 2. The molecular formula is C25H24F2N4O3. The summed E-state index contributed by atoms with van der Waals surface area (Å²) in [5.74, 6) is -1.15. The van der Waals surface area contributed by atoms with Crippen molar-refractivity contribution in [2.45, 2.75) is 32.6 Å². The van der Waals surface area contributed by atoms with Gasteiger partial charge in [0.2, 0.25) is 11.8 Å². The summed E-state index contributed by atoms with van der Waals surface area (Å²) in [4.78, 5) is 12.1. The molecule has 0 bridgehead atoms. The zero-order chi connectivity index (χ0) is 24.1. The summed E-state index contributed by atoms with van der Waals surface area (Å²) >= 11 is 0. The molecule has 176 valence electrons. The van der Waals surface area contributed by atoms with Gasteiger partial charge in [-0.2, -0.15) is 13.8 Å². The predicted octanol–water partition coefficient (Wildman–Crippen LogP) is 4.58. The van der Waals surface area contributed by atoms with Gasteiger partial charge < -0.3 is 19.9 Å². The largest absolute Gasteiger partial charge is 0.477 e. The van der Waals surface area contributed by atoms with E-state index in [1.165, 1.54) is 6.20 Å². The van der Waals surface area contributed by atoms with Crippen LogP contribution in [-0.4, -0.2) is 35.6 Å². The molecule has 1 spiro atoms. The molecule has 1 aromatic carbocycles. The standard InChI is InChI=1S/C25H24F2N4O3/c1-24(2,3)13-32-20-10-17-21(23(27)31-20)33-18-7-6-14(15-5-4-8-30-22(15)26)9-16(18)25(17)12-29-11-19(28)34-25/h4-10,12,19H,11,13,28H2,1-3H3/t19?,25-/m0/s1. The van der Waals surface area contributed by atoms with Crippen molar-refractivity contribution in [3.63, 3.8) is 0 Å². The second-order valence-electron chi connectivity index (χ2n) is 9.52. The normalized spacial score (nSPS) is 21.1. The van der Waals surface area contributed by atoms with E-state index < -0.39 is 23.7 Å². The van der Waals surface area contributed by atoms with Gasteiger partial charge in [-0.1, -0.05) is 26.8 Å². The van der Waals surface area contributed by atoms with Gasteiger partial charge >= 0.3 is 0 Å². The van der Waals surface area contributed by atoms with Crippen LogP contribution >= 0.6 is 0 Å². The van der Waals surface area contributed by atoms with Gasteiger partial charge in [0.25, 0.3) is 5.95 Å². The smallest absolute Gasteiger partial charge is 0.259 e. The van der Waals surface area contributed by atoms with E-state index >= 15 is 4.39 Å². The fourth-order valence-electron chi connectivity index (χ4n) is 4.01. The van der Waals surface area contributed by atoms with Crippen molar-refractivity contribution in [3.8, 4) is 28.5 Å². The molecule has 2 atom stereocenters. The van der Waals surface area contributed by atoms with Crippen LogP contribution in [0.25, 0.3) is 11.1 Å². The fourth-order valence-corrected chi connectivity index (χ4v) is 4.01. The number of rotatable bonds is 3. The summed E-state index contributed by atoms with van der Waals surface area (Å²) in [5, 5.41) is 0. The highest BCUT2D eigenvalue weighted by molar-refractivity contribution is 5.84. The molecule has 1 unspecified atom stereocenters.